The van der Waals surface area contributed by atoms with Crippen LogP contribution in [0.5, 0.6) is 0 Å². The van der Waals surface area contributed by atoms with Crippen LogP contribution in [0, 0.1) is 5.82 Å². The molecule has 1 amide bonds. The summed E-state index contributed by atoms with van der Waals surface area (Å²) in [5.74, 6) is -0.542. The minimum Gasteiger partial charge on any atom is -0.345 e. The summed E-state index contributed by atoms with van der Waals surface area (Å²) < 4.78 is 13.4. The van der Waals surface area contributed by atoms with Crippen LogP contribution < -0.4 is 4.90 Å². The molecule has 0 unspecified atom stereocenters. The number of aromatic nitrogens is 2. The van der Waals surface area contributed by atoms with E-state index in [0.29, 0.717) is 22.3 Å². The summed E-state index contributed by atoms with van der Waals surface area (Å²) in [4.78, 5) is 27.4. The summed E-state index contributed by atoms with van der Waals surface area (Å²) >= 11 is 1.31. The molecule has 1 aromatic heterocycles. The molecule has 152 valence electrons. The fraction of sp³-hybridized carbons (Fsp3) is 0.0417. The highest BCUT2D eigenvalue weighted by Crippen LogP contribution is 2.36. The first kappa shape index (κ1) is 19.3. The minimum absolute atomic E-state index is 0.189. The van der Waals surface area contributed by atoms with E-state index in [1.54, 1.807) is 18.5 Å². The molecule has 4 aromatic rings. The molecule has 0 saturated carbocycles. The topological polar surface area (TPSA) is 61.4 Å². The van der Waals surface area contributed by atoms with Gasteiger partial charge in [0, 0.05) is 0 Å². The number of carbonyl (C=O) groups is 1. The number of aliphatic imine (C=N–C) groups is 1. The zero-order valence-electron chi connectivity index (χ0n) is 16.3. The first-order valence-corrected chi connectivity index (χ1v) is 10.5. The number of H-pyrrole nitrogens is 1. The van der Waals surface area contributed by atoms with Crippen LogP contribution in [0.2, 0.25) is 0 Å². The number of benzene rings is 3. The lowest BCUT2D eigenvalue weighted by molar-refractivity contribution is -0.113. The molecule has 3 aromatic carbocycles. The summed E-state index contributed by atoms with van der Waals surface area (Å²) in [6.07, 6.45) is 3.48. The minimum atomic E-state index is -0.353. The molecule has 0 aliphatic carbocycles. The van der Waals surface area contributed by atoms with Gasteiger partial charge in [0.15, 0.2) is 5.17 Å². The molecule has 0 radical (unpaired) electrons. The van der Waals surface area contributed by atoms with E-state index in [4.69, 9.17) is 4.99 Å². The molecule has 1 saturated heterocycles. The second kappa shape index (κ2) is 8.20. The number of aromatic amines is 1. The molecule has 1 aliphatic rings. The lowest BCUT2D eigenvalue weighted by Crippen LogP contribution is -2.28. The number of hydrogen-bond donors (Lipinski definition) is 1. The number of carbonyl (C=O) groups excluding carboxylic acids is 1. The van der Waals surface area contributed by atoms with Gasteiger partial charge in [-0.2, -0.15) is 0 Å². The van der Waals surface area contributed by atoms with Crippen molar-refractivity contribution in [3.05, 3.63) is 101 Å². The van der Waals surface area contributed by atoms with Crippen LogP contribution in [0.15, 0.2) is 89.0 Å². The second-order valence-corrected chi connectivity index (χ2v) is 8.00. The maximum absolute atomic E-state index is 13.4. The van der Waals surface area contributed by atoms with Gasteiger partial charge in [-0.25, -0.2) is 9.37 Å². The molecule has 31 heavy (non-hydrogen) atoms. The van der Waals surface area contributed by atoms with Gasteiger partial charge in [-0.05, 0) is 65.4 Å². The van der Waals surface area contributed by atoms with Crippen molar-refractivity contribution in [2.45, 2.75) is 6.54 Å². The van der Waals surface area contributed by atoms with Gasteiger partial charge in [0.05, 0.1) is 34.5 Å². The van der Waals surface area contributed by atoms with Crippen LogP contribution in [0.1, 0.15) is 11.1 Å². The predicted molar refractivity (Wildman–Crippen MR) is 123 cm³/mol. The number of anilines is 1. The van der Waals surface area contributed by atoms with Gasteiger partial charge in [0.25, 0.3) is 5.91 Å². The van der Waals surface area contributed by atoms with Gasteiger partial charge in [0.1, 0.15) is 5.82 Å². The van der Waals surface area contributed by atoms with Gasteiger partial charge in [-0.1, -0.05) is 36.4 Å². The Bertz CT molecular complexity index is 1310. The monoisotopic (exact) mass is 428 g/mol. The van der Waals surface area contributed by atoms with Crippen molar-refractivity contribution in [1.29, 1.82) is 0 Å². The van der Waals surface area contributed by atoms with Gasteiger partial charge in [0.2, 0.25) is 0 Å². The van der Waals surface area contributed by atoms with E-state index in [1.807, 2.05) is 54.6 Å². The summed E-state index contributed by atoms with van der Waals surface area (Å²) in [6.45, 7) is 0.445. The fourth-order valence-electron chi connectivity index (χ4n) is 3.33. The van der Waals surface area contributed by atoms with E-state index in [1.165, 1.54) is 28.8 Å². The molecular formula is C24H17FN4OS. The summed E-state index contributed by atoms with van der Waals surface area (Å²) in [7, 11) is 0. The van der Waals surface area contributed by atoms with Crippen LogP contribution >= 0.6 is 11.8 Å². The number of rotatable bonds is 4. The average molecular weight is 428 g/mol. The standard InChI is InChI=1S/C24H17FN4OS/c25-18-7-9-19(10-8-18)29-23(30)22(13-17-6-11-20-21(12-17)28-15-27-20)31-24(29)26-14-16-4-2-1-3-5-16/h1-13,15H,14H2,(H,27,28)/b22-13-,26-24-. The number of amides is 1. The van der Waals surface area contributed by atoms with Crippen LogP contribution in [0.25, 0.3) is 17.1 Å². The summed E-state index contributed by atoms with van der Waals surface area (Å²) in [6, 6.07) is 21.5. The first-order chi connectivity index (χ1) is 15.2. The molecule has 2 heterocycles. The van der Waals surface area contributed by atoms with Gasteiger partial charge in [-0.3, -0.25) is 14.7 Å². The predicted octanol–water partition coefficient (Wildman–Crippen LogP) is 5.38. The van der Waals surface area contributed by atoms with Gasteiger partial charge in [-0.15, -0.1) is 0 Å². The second-order valence-electron chi connectivity index (χ2n) is 6.99. The number of halogens is 1. The van der Waals surface area contributed by atoms with E-state index >= 15 is 0 Å². The van der Waals surface area contributed by atoms with Crippen molar-refractivity contribution in [2.24, 2.45) is 4.99 Å². The Morgan fingerprint density at radius 2 is 1.87 bits per heavy atom. The SMILES string of the molecule is O=C1/C(=C/c2ccc3[nH]cnc3c2)S/C(=N\Cc2ccccc2)N1c1ccc(F)cc1. The summed E-state index contributed by atoms with van der Waals surface area (Å²) in [5.41, 5.74) is 4.27. The lowest BCUT2D eigenvalue weighted by Gasteiger charge is -2.15. The van der Waals surface area contributed by atoms with Crippen molar-refractivity contribution in [2.75, 3.05) is 4.90 Å². The van der Waals surface area contributed by atoms with E-state index < -0.39 is 0 Å². The van der Waals surface area contributed by atoms with Crippen molar-refractivity contribution in [3.8, 4) is 0 Å². The third-order valence-electron chi connectivity index (χ3n) is 4.87. The number of hydrogen-bond acceptors (Lipinski definition) is 4. The molecule has 0 bridgehead atoms. The molecular weight excluding hydrogens is 411 g/mol. The molecule has 0 atom stereocenters. The van der Waals surface area contributed by atoms with Crippen molar-refractivity contribution >= 4 is 45.6 Å². The average Bonchev–Trinajstić information content (AvgIpc) is 3.38. The molecule has 1 aliphatic heterocycles. The fourth-order valence-corrected chi connectivity index (χ4v) is 4.31. The molecule has 7 heteroatoms. The zero-order chi connectivity index (χ0) is 21.2. The molecule has 5 rings (SSSR count). The summed E-state index contributed by atoms with van der Waals surface area (Å²) in [5, 5.41) is 0.563. The largest absolute Gasteiger partial charge is 0.345 e. The third kappa shape index (κ3) is 4.00. The van der Waals surface area contributed by atoms with Crippen molar-refractivity contribution < 1.29 is 9.18 Å². The highest BCUT2D eigenvalue weighted by Gasteiger charge is 2.34. The Morgan fingerprint density at radius 1 is 1.06 bits per heavy atom. The maximum atomic E-state index is 13.4. The molecule has 5 nitrogen and oxygen atoms in total. The van der Waals surface area contributed by atoms with Crippen LogP contribution in [-0.4, -0.2) is 21.0 Å². The Hall–Kier alpha value is -3.71. The third-order valence-corrected chi connectivity index (χ3v) is 5.88. The van der Waals surface area contributed by atoms with Gasteiger partial charge < -0.3 is 4.98 Å². The van der Waals surface area contributed by atoms with Crippen LogP contribution in [0.3, 0.4) is 0 Å². The smallest absolute Gasteiger partial charge is 0.271 e. The first-order valence-electron chi connectivity index (χ1n) is 9.68. The number of imidazole rings is 1. The Kier molecular flexibility index (Phi) is 5.09. The number of amidine groups is 1. The van der Waals surface area contributed by atoms with E-state index in [-0.39, 0.29) is 11.7 Å². The molecule has 1 N–H and O–H groups in total. The van der Waals surface area contributed by atoms with Crippen LogP contribution in [-0.2, 0) is 11.3 Å². The Morgan fingerprint density at radius 3 is 2.68 bits per heavy atom. The number of nitrogens with one attached hydrogen (secondary N) is 1. The quantitative estimate of drug-likeness (QED) is 0.444. The number of fused-ring (bicyclic) bond motifs is 1. The van der Waals surface area contributed by atoms with Gasteiger partial charge >= 0.3 is 0 Å². The van der Waals surface area contributed by atoms with E-state index in [9.17, 15) is 9.18 Å². The molecule has 1 fully saturated rings. The van der Waals surface area contributed by atoms with Crippen molar-refractivity contribution in [3.63, 3.8) is 0 Å². The molecule has 0 spiro atoms. The Balaban J connectivity index is 1.51. The van der Waals surface area contributed by atoms with Crippen LogP contribution in [0.4, 0.5) is 10.1 Å². The highest BCUT2D eigenvalue weighted by molar-refractivity contribution is 8.19. The lowest BCUT2D eigenvalue weighted by atomic mass is 10.2. The van der Waals surface area contributed by atoms with Crippen molar-refractivity contribution in [1.82, 2.24) is 9.97 Å². The van der Waals surface area contributed by atoms with E-state index in [0.717, 1.165) is 22.2 Å². The Labute approximate surface area is 182 Å². The number of thioether (sulfide) groups is 1. The number of nitrogens with zero attached hydrogens (tertiary/aromatic N) is 3. The van der Waals surface area contributed by atoms with E-state index in [2.05, 4.69) is 9.97 Å². The maximum Gasteiger partial charge on any atom is 0.271 e. The normalized spacial score (nSPS) is 16.7. The zero-order valence-corrected chi connectivity index (χ0v) is 17.1. The highest BCUT2D eigenvalue weighted by atomic mass is 32.2.